The Bertz CT molecular complexity index is 1280. The quantitative estimate of drug-likeness (QED) is 0.248. The summed E-state index contributed by atoms with van der Waals surface area (Å²) in [6, 6.07) is 0. The number of fused-ring (bicyclic) bond motifs is 1. The zero-order valence-corrected chi connectivity index (χ0v) is 27.7. The normalized spacial score (nSPS) is 37.2. The van der Waals surface area contributed by atoms with E-state index in [-0.39, 0.29) is 22.5 Å². The molecule has 1 saturated carbocycles. The highest BCUT2D eigenvalue weighted by molar-refractivity contribution is 8.68. The molecule has 0 unspecified atom stereocenters. The Morgan fingerprint density at radius 2 is 2.08 bits per heavy atom. The van der Waals surface area contributed by atoms with E-state index in [4.69, 9.17) is 30.0 Å². The fraction of sp³-hybridized carbons (Fsp3) is 0.769. The van der Waals surface area contributed by atoms with Gasteiger partial charge in [0.1, 0.15) is 18.3 Å². The summed E-state index contributed by atoms with van der Waals surface area (Å²) in [6.45, 7) is 20.6. The number of hydrogen-bond donors (Lipinski definition) is 2. The van der Waals surface area contributed by atoms with Crippen LogP contribution in [-0.4, -0.2) is 58.7 Å². The van der Waals surface area contributed by atoms with Crippen LogP contribution in [0, 0.1) is 12.8 Å². The summed E-state index contributed by atoms with van der Waals surface area (Å²) in [5, 5.41) is 11.3. The van der Waals surface area contributed by atoms with Gasteiger partial charge in [0.05, 0.1) is 12.7 Å². The van der Waals surface area contributed by atoms with E-state index in [0.717, 1.165) is 19.3 Å². The van der Waals surface area contributed by atoms with Crippen molar-refractivity contribution < 1.29 is 23.3 Å². The van der Waals surface area contributed by atoms with Crippen molar-refractivity contribution in [1.29, 1.82) is 0 Å². The van der Waals surface area contributed by atoms with Crippen LogP contribution in [0.4, 0.5) is 0 Å². The van der Waals surface area contributed by atoms with Crippen LogP contribution in [0.3, 0.4) is 0 Å². The molecule has 0 aromatic carbocycles. The average Bonchev–Trinajstić information content (AvgIpc) is 3.25. The predicted molar refractivity (Wildman–Crippen MR) is 161 cm³/mol. The lowest BCUT2D eigenvalue weighted by atomic mass is 9.77. The molecule has 0 radical (unpaired) electrons. The van der Waals surface area contributed by atoms with E-state index >= 15 is 0 Å². The number of aryl methyl sites for hydroxylation is 1. The summed E-state index contributed by atoms with van der Waals surface area (Å²) in [6.07, 6.45) is 0.657. The van der Waals surface area contributed by atoms with E-state index < -0.39 is 49.8 Å². The van der Waals surface area contributed by atoms with Crippen molar-refractivity contribution in [3.63, 3.8) is 0 Å². The number of aliphatic hydroxyl groups is 1. The van der Waals surface area contributed by atoms with Gasteiger partial charge in [-0.3, -0.25) is 14.3 Å². The van der Waals surface area contributed by atoms with Gasteiger partial charge in [-0.15, -0.1) is 0 Å². The third kappa shape index (κ3) is 6.29. The standard InChI is InChI=1S/C26H43N2O7PS2Si/c1-15(2)17-10-11-26(7)19(12-17)34-36(37,38-26)32-14-18-21(35-39(8,9)25(4,5)6)20(29)23(33-18)28-13-16(3)22(30)27-24(28)31/h13,17-21,23,29H,1,10-12,14H2,2-9H3,(H,27,30,31)/t17-,18-,19+,20-,21-,23-,26+,36+/m1/s1. The van der Waals surface area contributed by atoms with Gasteiger partial charge in [0.25, 0.3) is 5.56 Å². The maximum absolute atomic E-state index is 12.7. The Morgan fingerprint density at radius 1 is 1.41 bits per heavy atom. The Morgan fingerprint density at radius 3 is 2.69 bits per heavy atom. The van der Waals surface area contributed by atoms with Crippen LogP contribution in [0.2, 0.25) is 18.1 Å². The predicted octanol–water partition coefficient (Wildman–Crippen LogP) is 5.00. The van der Waals surface area contributed by atoms with E-state index in [1.165, 1.54) is 16.3 Å². The molecule has 1 aliphatic carbocycles. The molecule has 2 saturated heterocycles. The molecule has 1 aromatic rings. The van der Waals surface area contributed by atoms with Crippen molar-refractivity contribution in [3.8, 4) is 0 Å². The van der Waals surface area contributed by atoms with Crippen molar-refractivity contribution in [2.24, 2.45) is 5.92 Å². The van der Waals surface area contributed by atoms with Crippen molar-refractivity contribution in [1.82, 2.24) is 9.55 Å². The number of hydrogen-bond acceptors (Lipinski definition) is 9. The zero-order chi connectivity index (χ0) is 29.1. The number of aromatic amines is 1. The van der Waals surface area contributed by atoms with E-state index in [2.05, 4.69) is 59.3 Å². The molecule has 3 fully saturated rings. The highest BCUT2D eigenvalue weighted by Gasteiger charge is 2.55. The number of ether oxygens (including phenoxy) is 1. The van der Waals surface area contributed by atoms with Gasteiger partial charge in [0.2, 0.25) is 5.69 Å². The smallest absolute Gasteiger partial charge is 0.330 e. The van der Waals surface area contributed by atoms with Crippen LogP contribution >= 0.6 is 17.1 Å². The summed E-state index contributed by atoms with van der Waals surface area (Å²) in [5.74, 6) is 0.417. The Hall–Kier alpha value is -0.563. The fourth-order valence-corrected chi connectivity index (χ4v) is 13.6. The van der Waals surface area contributed by atoms with Gasteiger partial charge < -0.3 is 23.3 Å². The number of aliphatic hydroxyl groups excluding tert-OH is 1. The summed E-state index contributed by atoms with van der Waals surface area (Å²) in [5.41, 5.74) is -2.33. The Balaban J connectivity index is 1.57. The van der Waals surface area contributed by atoms with Crippen molar-refractivity contribution in [2.75, 3.05) is 6.61 Å². The number of allylic oxidation sites excluding steroid dienone is 1. The molecule has 9 nitrogen and oxygen atoms in total. The van der Waals surface area contributed by atoms with Crippen molar-refractivity contribution in [2.45, 2.75) is 114 Å². The lowest BCUT2D eigenvalue weighted by molar-refractivity contribution is -0.0517. The molecular formula is C26H43N2O7PS2Si. The number of nitrogens with zero attached hydrogens (tertiary/aromatic N) is 1. The number of H-pyrrole nitrogens is 1. The van der Waals surface area contributed by atoms with Crippen LogP contribution in [-0.2, 0) is 30.0 Å². The molecule has 3 aliphatic rings. The second-order valence-corrected chi connectivity index (χ2v) is 24.3. The maximum atomic E-state index is 12.7. The van der Waals surface area contributed by atoms with E-state index in [1.807, 2.05) is 0 Å². The molecule has 0 spiro atoms. The number of rotatable bonds is 7. The number of nitrogens with one attached hydrogen (secondary N) is 1. The minimum Gasteiger partial charge on any atom is -0.408 e. The van der Waals surface area contributed by atoms with Gasteiger partial charge in [-0.05, 0) is 75.9 Å². The zero-order valence-electron chi connectivity index (χ0n) is 24.2. The second kappa shape index (κ2) is 10.9. The van der Waals surface area contributed by atoms with E-state index in [0.29, 0.717) is 11.5 Å². The van der Waals surface area contributed by atoms with Crippen LogP contribution in [0.15, 0.2) is 27.9 Å². The van der Waals surface area contributed by atoms with Gasteiger partial charge >= 0.3 is 5.69 Å². The molecular weight excluding hydrogens is 575 g/mol. The highest BCUT2D eigenvalue weighted by Crippen LogP contribution is 2.75. The van der Waals surface area contributed by atoms with Gasteiger partial charge in [0.15, 0.2) is 14.5 Å². The first kappa shape index (κ1) is 31.4. The van der Waals surface area contributed by atoms with Crippen LogP contribution < -0.4 is 11.2 Å². The van der Waals surface area contributed by atoms with Gasteiger partial charge in [0, 0.05) is 16.5 Å². The molecule has 13 heteroatoms. The largest absolute Gasteiger partial charge is 0.408 e. The minimum atomic E-state index is -2.70. The molecule has 2 aliphatic heterocycles. The van der Waals surface area contributed by atoms with Gasteiger partial charge in [-0.1, -0.05) is 44.3 Å². The first-order chi connectivity index (χ1) is 17.9. The topological polar surface area (TPSA) is 112 Å². The van der Waals surface area contributed by atoms with Crippen LogP contribution in [0.1, 0.15) is 65.7 Å². The first-order valence-electron chi connectivity index (χ1n) is 13.5. The molecule has 4 rings (SSSR count). The summed E-state index contributed by atoms with van der Waals surface area (Å²) in [4.78, 5) is 26.9. The molecule has 3 heterocycles. The molecule has 1 aromatic heterocycles. The lowest BCUT2D eigenvalue weighted by Gasteiger charge is -2.40. The second-order valence-electron chi connectivity index (χ2n) is 12.9. The molecule has 2 N–H and O–H groups in total. The fourth-order valence-electron chi connectivity index (χ4n) is 5.13. The highest BCUT2D eigenvalue weighted by atomic mass is 32.9. The SMILES string of the molecule is C=C(C)[C@@H]1CC[C@]2(C)S[P@@](=S)(OC[C@H]3O[C@@H](n4cc(C)c(=O)[nH]c4=O)[C@H](O)[C@@H]3O[Si](C)(C)C(C)(C)C)O[C@H]2C1. The third-order valence-corrected chi connectivity index (χ3v) is 19.1. The summed E-state index contributed by atoms with van der Waals surface area (Å²) >= 11 is 7.59. The van der Waals surface area contributed by atoms with E-state index in [9.17, 15) is 14.7 Å². The van der Waals surface area contributed by atoms with Gasteiger partial charge in [-0.2, -0.15) is 0 Å². The average molecular weight is 619 g/mol. The lowest BCUT2D eigenvalue weighted by Crippen LogP contribution is -2.50. The van der Waals surface area contributed by atoms with E-state index in [1.54, 1.807) is 18.3 Å². The monoisotopic (exact) mass is 618 g/mol. The summed E-state index contributed by atoms with van der Waals surface area (Å²) < 4.78 is 26.8. The molecule has 0 bridgehead atoms. The van der Waals surface area contributed by atoms with Crippen LogP contribution in [0.5, 0.6) is 0 Å². The number of aromatic nitrogens is 2. The molecule has 39 heavy (non-hydrogen) atoms. The first-order valence-corrected chi connectivity index (χ1v) is 20.5. The Kier molecular flexibility index (Phi) is 8.79. The molecule has 8 atom stereocenters. The maximum Gasteiger partial charge on any atom is 0.330 e. The third-order valence-electron chi connectivity index (χ3n) is 8.81. The summed E-state index contributed by atoms with van der Waals surface area (Å²) in [7, 11) is -2.35. The molecule has 0 amide bonds. The van der Waals surface area contributed by atoms with Crippen molar-refractivity contribution in [3.05, 3.63) is 44.8 Å². The Labute approximate surface area is 241 Å². The van der Waals surface area contributed by atoms with Crippen molar-refractivity contribution >= 4 is 37.2 Å². The minimum absolute atomic E-state index is 0.00593. The van der Waals surface area contributed by atoms with Gasteiger partial charge in [-0.25, -0.2) is 4.79 Å². The van der Waals surface area contributed by atoms with Crippen LogP contribution in [0.25, 0.3) is 0 Å². The molecule has 220 valence electrons.